The van der Waals surface area contributed by atoms with Gasteiger partial charge in [-0.3, -0.25) is 0 Å². The molecule has 1 aromatic carbocycles. The van der Waals surface area contributed by atoms with Crippen molar-refractivity contribution in [1.29, 1.82) is 0 Å². The molecule has 1 rings (SSSR count). The van der Waals surface area contributed by atoms with Crippen molar-refractivity contribution < 1.29 is 4.39 Å². The Labute approximate surface area is 120 Å². The Morgan fingerprint density at radius 1 is 1.26 bits per heavy atom. The van der Waals surface area contributed by atoms with Gasteiger partial charge in [0.1, 0.15) is 0 Å². The Morgan fingerprint density at radius 2 is 1.84 bits per heavy atom. The maximum absolute atomic E-state index is 13.9. The van der Waals surface area contributed by atoms with Crippen molar-refractivity contribution >= 4 is 17.3 Å². The lowest BCUT2D eigenvalue weighted by Crippen LogP contribution is -2.41. The van der Waals surface area contributed by atoms with Crippen molar-refractivity contribution in [2.75, 3.05) is 0 Å². The third-order valence-corrected chi connectivity index (χ3v) is 3.03. The predicted molar refractivity (Wildman–Crippen MR) is 81.7 cm³/mol. The fourth-order valence-corrected chi connectivity index (χ4v) is 2.76. The van der Waals surface area contributed by atoms with Gasteiger partial charge in [0, 0.05) is 16.8 Å². The number of benzene rings is 1. The first kappa shape index (κ1) is 16.0. The summed E-state index contributed by atoms with van der Waals surface area (Å²) < 4.78 is 13.9. The number of nitrogens with one attached hydrogen (secondary N) is 1. The van der Waals surface area contributed by atoms with Crippen LogP contribution in [0.4, 0.5) is 4.39 Å². The van der Waals surface area contributed by atoms with Crippen LogP contribution in [0.5, 0.6) is 0 Å². The molecule has 0 atom stereocenters. The average molecular weight is 284 g/mol. The lowest BCUT2D eigenvalue weighted by molar-refractivity contribution is 0.264. The minimum atomic E-state index is -0.423. The minimum absolute atomic E-state index is 0.120. The van der Waals surface area contributed by atoms with E-state index < -0.39 is 5.82 Å². The Balaban J connectivity index is 2.88. The molecule has 0 amide bonds. The molecule has 0 aliphatic carbocycles. The third kappa shape index (κ3) is 4.87. The molecule has 1 nitrogen and oxygen atoms in total. The molecule has 0 aliphatic rings. The summed E-state index contributed by atoms with van der Waals surface area (Å²) in [7, 11) is 0. The zero-order chi connectivity index (χ0) is 14.8. The van der Waals surface area contributed by atoms with Crippen LogP contribution in [-0.4, -0.2) is 5.54 Å². The molecule has 19 heavy (non-hydrogen) atoms. The first-order valence-electron chi connectivity index (χ1n) is 6.43. The van der Waals surface area contributed by atoms with E-state index in [1.807, 2.05) is 0 Å². The molecule has 0 unspecified atom stereocenters. The molecule has 0 aliphatic heterocycles. The Bertz CT molecular complexity index is 472. The van der Waals surface area contributed by atoms with Crippen molar-refractivity contribution in [3.05, 3.63) is 41.2 Å². The monoisotopic (exact) mass is 283 g/mol. The van der Waals surface area contributed by atoms with Crippen molar-refractivity contribution in [3.8, 4) is 0 Å². The highest BCUT2D eigenvalue weighted by Crippen LogP contribution is 2.29. The van der Waals surface area contributed by atoms with Crippen LogP contribution in [0.1, 0.15) is 46.6 Å². The van der Waals surface area contributed by atoms with E-state index in [9.17, 15) is 4.39 Å². The van der Waals surface area contributed by atoms with Crippen molar-refractivity contribution in [3.63, 3.8) is 0 Å². The number of rotatable bonds is 4. The van der Waals surface area contributed by atoms with E-state index in [0.29, 0.717) is 11.3 Å². The van der Waals surface area contributed by atoms with E-state index in [4.69, 9.17) is 11.6 Å². The largest absolute Gasteiger partial charge is 0.380 e. The zero-order valence-electron chi connectivity index (χ0n) is 12.4. The number of hydrogen-bond donors (Lipinski definition) is 1. The van der Waals surface area contributed by atoms with Crippen LogP contribution < -0.4 is 5.32 Å². The summed E-state index contributed by atoms with van der Waals surface area (Å²) in [5.74, 6) is -0.423. The highest BCUT2D eigenvalue weighted by molar-refractivity contribution is 6.30. The predicted octanol–water partition coefficient (Wildman–Crippen LogP) is 5.25. The molecule has 0 bridgehead atoms. The summed E-state index contributed by atoms with van der Waals surface area (Å²) in [4.78, 5) is 0. The molecule has 0 saturated heterocycles. The van der Waals surface area contributed by atoms with Crippen LogP contribution >= 0.6 is 11.6 Å². The van der Waals surface area contributed by atoms with Gasteiger partial charge in [0.15, 0.2) is 5.82 Å². The molecule has 0 saturated carbocycles. The fourth-order valence-electron chi connectivity index (χ4n) is 2.58. The van der Waals surface area contributed by atoms with Crippen LogP contribution in [0.15, 0.2) is 24.8 Å². The normalized spacial score (nSPS) is 12.4. The maximum Gasteiger partial charge on any atom is 0.151 e. The highest BCUT2D eigenvalue weighted by atomic mass is 35.5. The Morgan fingerprint density at radius 3 is 2.37 bits per heavy atom. The average Bonchev–Trinajstić information content (AvgIpc) is 2.17. The van der Waals surface area contributed by atoms with Crippen LogP contribution in [0.3, 0.4) is 0 Å². The van der Waals surface area contributed by atoms with Crippen LogP contribution in [-0.2, 0) is 0 Å². The summed E-state index contributed by atoms with van der Waals surface area (Å²) in [5, 5.41) is 3.42. The van der Waals surface area contributed by atoms with Gasteiger partial charge in [-0.15, -0.1) is 0 Å². The van der Waals surface area contributed by atoms with Gasteiger partial charge in [-0.25, -0.2) is 4.39 Å². The van der Waals surface area contributed by atoms with Crippen LogP contribution in [0, 0.1) is 11.2 Å². The van der Waals surface area contributed by atoms with E-state index in [-0.39, 0.29) is 16.0 Å². The quantitative estimate of drug-likeness (QED) is 0.795. The molecule has 1 aromatic rings. The molecule has 0 radical (unpaired) electrons. The number of hydrogen-bond acceptors (Lipinski definition) is 1. The second-order valence-corrected chi connectivity index (χ2v) is 7.23. The summed E-state index contributed by atoms with van der Waals surface area (Å²) in [5.41, 5.74) is 1.01. The molecular formula is C16H23ClFN. The Kier molecular flexibility index (Phi) is 4.67. The van der Waals surface area contributed by atoms with Gasteiger partial charge >= 0.3 is 0 Å². The van der Waals surface area contributed by atoms with Crippen molar-refractivity contribution in [2.24, 2.45) is 5.41 Å². The van der Waals surface area contributed by atoms with E-state index in [1.165, 1.54) is 6.07 Å². The van der Waals surface area contributed by atoms with Gasteiger partial charge in [-0.05, 0) is 37.8 Å². The first-order chi connectivity index (χ1) is 8.52. The third-order valence-electron chi connectivity index (χ3n) is 2.74. The van der Waals surface area contributed by atoms with Crippen LogP contribution in [0.25, 0.3) is 5.70 Å². The maximum atomic E-state index is 13.9. The SMILES string of the molecule is C=C(NC(C)(C)CC(C)(C)C)c1cccc(Cl)c1F. The molecular weight excluding hydrogens is 261 g/mol. The molecule has 0 fully saturated rings. The molecule has 0 heterocycles. The Hall–Kier alpha value is -1.02. The van der Waals surface area contributed by atoms with Crippen molar-refractivity contribution in [1.82, 2.24) is 5.32 Å². The molecule has 1 N–H and O–H groups in total. The zero-order valence-corrected chi connectivity index (χ0v) is 13.2. The highest BCUT2D eigenvalue weighted by Gasteiger charge is 2.26. The van der Waals surface area contributed by atoms with Gasteiger partial charge in [0.2, 0.25) is 0 Å². The second kappa shape index (κ2) is 5.54. The smallest absolute Gasteiger partial charge is 0.151 e. The summed E-state index contributed by atoms with van der Waals surface area (Å²) >= 11 is 5.79. The van der Waals surface area contributed by atoms with Gasteiger partial charge < -0.3 is 5.32 Å². The van der Waals surface area contributed by atoms with Gasteiger partial charge in [0.05, 0.1) is 5.02 Å². The fraction of sp³-hybridized carbons (Fsp3) is 0.500. The first-order valence-corrected chi connectivity index (χ1v) is 6.81. The molecule has 3 heteroatoms. The van der Waals surface area contributed by atoms with E-state index in [2.05, 4.69) is 46.5 Å². The minimum Gasteiger partial charge on any atom is -0.380 e. The second-order valence-electron chi connectivity index (χ2n) is 6.83. The van der Waals surface area contributed by atoms with Crippen LogP contribution in [0.2, 0.25) is 5.02 Å². The van der Waals surface area contributed by atoms with Gasteiger partial charge in [0.25, 0.3) is 0 Å². The topological polar surface area (TPSA) is 12.0 Å². The lowest BCUT2D eigenvalue weighted by Gasteiger charge is -2.35. The standard InChI is InChI=1S/C16H23ClFN/c1-11(12-8-7-9-13(17)14(12)18)19-16(5,6)10-15(2,3)4/h7-9,19H,1,10H2,2-6H3. The van der Waals surface area contributed by atoms with E-state index in [1.54, 1.807) is 12.1 Å². The van der Waals surface area contributed by atoms with E-state index >= 15 is 0 Å². The van der Waals surface area contributed by atoms with Gasteiger partial charge in [-0.2, -0.15) is 0 Å². The van der Waals surface area contributed by atoms with E-state index in [0.717, 1.165) is 6.42 Å². The summed E-state index contributed by atoms with van der Waals surface area (Å²) in [6.45, 7) is 14.6. The number of halogens is 2. The molecule has 0 aromatic heterocycles. The summed E-state index contributed by atoms with van der Waals surface area (Å²) in [6, 6.07) is 4.95. The van der Waals surface area contributed by atoms with Crippen molar-refractivity contribution in [2.45, 2.75) is 46.6 Å². The molecule has 106 valence electrons. The lowest BCUT2D eigenvalue weighted by atomic mass is 9.81. The van der Waals surface area contributed by atoms with Gasteiger partial charge in [-0.1, -0.05) is 45.0 Å². The summed E-state index contributed by atoms with van der Waals surface area (Å²) in [6.07, 6.45) is 0.946. The molecule has 0 spiro atoms.